The zero-order valence-corrected chi connectivity index (χ0v) is 9.38. The second-order valence-electron chi connectivity index (χ2n) is 4.19. The molecule has 0 aromatic rings. The van der Waals surface area contributed by atoms with E-state index in [9.17, 15) is 0 Å². The van der Waals surface area contributed by atoms with Crippen molar-refractivity contribution in [1.29, 1.82) is 0 Å². The van der Waals surface area contributed by atoms with Crippen LogP contribution in [0.2, 0.25) is 0 Å². The molecule has 0 bridgehead atoms. The number of unbranched alkanes of at least 4 members (excludes halogenated alkanes) is 1. The Hall–Kier alpha value is -0.0800. The number of nitrogens with zero attached hydrogens (tertiary/aromatic N) is 1. The Labute approximate surface area is 82.5 Å². The lowest BCUT2D eigenvalue weighted by atomic mass is 10.2. The van der Waals surface area contributed by atoms with Crippen LogP contribution in [0.1, 0.15) is 33.6 Å². The van der Waals surface area contributed by atoms with Gasteiger partial charge in [0, 0.05) is 0 Å². The predicted octanol–water partition coefficient (Wildman–Crippen LogP) is 2.04. The van der Waals surface area contributed by atoms with Crippen molar-refractivity contribution >= 4 is 0 Å². The summed E-state index contributed by atoms with van der Waals surface area (Å²) in [6.45, 7) is 13.0. The normalized spacial score (nSPS) is 21.9. The molecule has 1 unspecified atom stereocenters. The van der Waals surface area contributed by atoms with Crippen LogP contribution in [0.15, 0.2) is 0 Å². The van der Waals surface area contributed by atoms with Gasteiger partial charge in [0.2, 0.25) is 0 Å². The third-order valence-corrected chi connectivity index (χ3v) is 3.32. The molecule has 1 heterocycles. The fourth-order valence-electron chi connectivity index (χ4n) is 1.99. The van der Waals surface area contributed by atoms with Crippen LogP contribution in [0.3, 0.4) is 0 Å². The van der Waals surface area contributed by atoms with E-state index in [0.29, 0.717) is 6.10 Å². The number of ether oxygens (including phenoxy) is 1. The van der Waals surface area contributed by atoms with E-state index < -0.39 is 0 Å². The lowest BCUT2D eigenvalue weighted by molar-refractivity contribution is -0.925. The van der Waals surface area contributed by atoms with Gasteiger partial charge in [-0.05, 0) is 20.3 Å². The average molecular weight is 186 g/mol. The number of hydrogen-bond donors (Lipinski definition) is 0. The Morgan fingerprint density at radius 3 is 2.23 bits per heavy atom. The highest BCUT2D eigenvalue weighted by Gasteiger charge is 2.34. The third kappa shape index (κ3) is 3.28. The fraction of sp³-hybridized carbons (Fsp3) is 1.00. The van der Waals surface area contributed by atoms with E-state index in [-0.39, 0.29) is 0 Å². The standard InChI is InChI=1S/C11H24NO/c1-4-7-8-12(5-2,6-3)9-11-10-13-11/h11H,4-10H2,1-3H3/q+1. The molecule has 0 amide bonds. The minimum Gasteiger partial charge on any atom is -0.367 e. The lowest BCUT2D eigenvalue weighted by Crippen LogP contribution is -2.50. The van der Waals surface area contributed by atoms with E-state index in [1.54, 1.807) is 0 Å². The molecule has 1 atom stereocenters. The summed E-state index contributed by atoms with van der Waals surface area (Å²) in [6, 6.07) is 0. The van der Waals surface area contributed by atoms with Gasteiger partial charge in [0.05, 0.1) is 26.2 Å². The molecule has 1 aliphatic rings. The molecule has 1 aliphatic heterocycles. The number of hydrogen-bond acceptors (Lipinski definition) is 1. The van der Waals surface area contributed by atoms with E-state index in [1.165, 1.54) is 43.5 Å². The van der Waals surface area contributed by atoms with Crippen LogP contribution < -0.4 is 0 Å². The SMILES string of the molecule is CCCC[N+](CC)(CC)CC1CO1. The Morgan fingerprint density at radius 2 is 1.85 bits per heavy atom. The summed E-state index contributed by atoms with van der Waals surface area (Å²) >= 11 is 0. The van der Waals surface area contributed by atoms with Crippen LogP contribution in [0.5, 0.6) is 0 Å². The minimum atomic E-state index is 0.580. The maximum atomic E-state index is 5.33. The second-order valence-corrected chi connectivity index (χ2v) is 4.19. The van der Waals surface area contributed by atoms with Crippen molar-refractivity contribution in [2.45, 2.75) is 39.7 Å². The molecule has 0 spiro atoms. The predicted molar refractivity (Wildman–Crippen MR) is 55.7 cm³/mol. The van der Waals surface area contributed by atoms with Crippen molar-refractivity contribution in [1.82, 2.24) is 0 Å². The summed E-state index contributed by atoms with van der Waals surface area (Å²) in [5.74, 6) is 0. The van der Waals surface area contributed by atoms with Gasteiger partial charge < -0.3 is 9.22 Å². The molecule has 0 radical (unpaired) electrons. The summed E-state index contributed by atoms with van der Waals surface area (Å²) in [5, 5.41) is 0. The van der Waals surface area contributed by atoms with E-state index in [1.807, 2.05) is 0 Å². The van der Waals surface area contributed by atoms with Crippen molar-refractivity contribution in [3.63, 3.8) is 0 Å². The first kappa shape index (κ1) is 11.0. The maximum absolute atomic E-state index is 5.33. The zero-order valence-electron chi connectivity index (χ0n) is 9.38. The molecule has 1 rings (SSSR count). The highest BCUT2D eigenvalue weighted by Crippen LogP contribution is 2.18. The monoisotopic (exact) mass is 186 g/mol. The summed E-state index contributed by atoms with van der Waals surface area (Å²) in [4.78, 5) is 0. The van der Waals surface area contributed by atoms with Gasteiger partial charge in [-0.3, -0.25) is 0 Å². The molecule has 2 heteroatoms. The summed E-state index contributed by atoms with van der Waals surface area (Å²) in [6.07, 6.45) is 3.25. The Bertz CT molecular complexity index is 139. The van der Waals surface area contributed by atoms with E-state index in [2.05, 4.69) is 20.8 Å². The van der Waals surface area contributed by atoms with E-state index in [0.717, 1.165) is 6.61 Å². The smallest absolute Gasteiger partial charge is 0.130 e. The van der Waals surface area contributed by atoms with Gasteiger partial charge in [0.15, 0.2) is 0 Å². The van der Waals surface area contributed by atoms with Crippen LogP contribution in [0, 0.1) is 0 Å². The lowest BCUT2D eigenvalue weighted by Gasteiger charge is -2.36. The van der Waals surface area contributed by atoms with Crippen molar-refractivity contribution in [2.75, 3.05) is 32.8 Å². The molecular weight excluding hydrogens is 162 g/mol. The quantitative estimate of drug-likeness (QED) is 0.438. The van der Waals surface area contributed by atoms with Crippen molar-refractivity contribution in [3.8, 4) is 0 Å². The van der Waals surface area contributed by atoms with Crippen LogP contribution in [-0.2, 0) is 4.74 Å². The minimum absolute atomic E-state index is 0.580. The average Bonchev–Trinajstić information content (AvgIpc) is 2.96. The third-order valence-electron chi connectivity index (χ3n) is 3.32. The van der Waals surface area contributed by atoms with Crippen LogP contribution >= 0.6 is 0 Å². The van der Waals surface area contributed by atoms with Gasteiger partial charge in [-0.2, -0.15) is 0 Å². The highest BCUT2D eigenvalue weighted by molar-refractivity contribution is 4.68. The summed E-state index contributed by atoms with van der Waals surface area (Å²) in [7, 11) is 0. The van der Waals surface area contributed by atoms with Crippen molar-refractivity contribution in [2.24, 2.45) is 0 Å². The van der Waals surface area contributed by atoms with Gasteiger partial charge in [0.25, 0.3) is 0 Å². The molecule has 0 saturated carbocycles. The maximum Gasteiger partial charge on any atom is 0.130 e. The van der Waals surface area contributed by atoms with Crippen LogP contribution in [0.25, 0.3) is 0 Å². The van der Waals surface area contributed by atoms with Gasteiger partial charge in [-0.25, -0.2) is 0 Å². The molecule has 0 aromatic carbocycles. The van der Waals surface area contributed by atoms with Gasteiger partial charge in [-0.15, -0.1) is 0 Å². The number of quaternary nitrogens is 1. The largest absolute Gasteiger partial charge is 0.367 e. The molecule has 0 aliphatic carbocycles. The first-order valence-corrected chi connectivity index (χ1v) is 5.73. The van der Waals surface area contributed by atoms with E-state index >= 15 is 0 Å². The summed E-state index contributed by atoms with van der Waals surface area (Å²) < 4.78 is 6.59. The molecule has 78 valence electrons. The molecular formula is C11H24NO+. The van der Waals surface area contributed by atoms with Gasteiger partial charge in [0.1, 0.15) is 12.6 Å². The highest BCUT2D eigenvalue weighted by atomic mass is 16.6. The number of epoxide rings is 1. The Kier molecular flexibility index (Phi) is 4.20. The second kappa shape index (κ2) is 4.97. The number of likely N-dealkylation sites (N-methyl/N-ethyl adjacent to an activating group) is 1. The number of rotatable bonds is 7. The first-order valence-electron chi connectivity index (χ1n) is 5.73. The topological polar surface area (TPSA) is 12.5 Å². The molecule has 13 heavy (non-hydrogen) atoms. The Balaban J connectivity index is 2.38. The van der Waals surface area contributed by atoms with Gasteiger partial charge in [-0.1, -0.05) is 13.3 Å². The molecule has 1 saturated heterocycles. The molecule has 0 aromatic heterocycles. The summed E-state index contributed by atoms with van der Waals surface area (Å²) in [5.41, 5.74) is 0. The zero-order chi connectivity index (χ0) is 9.73. The van der Waals surface area contributed by atoms with Crippen molar-refractivity contribution in [3.05, 3.63) is 0 Å². The van der Waals surface area contributed by atoms with Crippen LogP contribution in [-0.4, -0.2) is 43.4 Å². The first-order chi connectivity index (χ1) is 6.26. The molecule has 1 fully saturated rings. The fourth-order valence-corrected chi connectivity index (χ4v) is 1.99. The van der Waals surface area contributed by atoms with Gasteiger partial charge >= 0.3 is 0 Å². The van der Waals surface area contributed by atoms with Crippen LogP contribution in [0.4, 0.5) is 0 Å². The van der Waals surface area contributed by atoms with E-state index in [4.69, 9.17) is 4.74 Å². The molecule has 0 N–H and O–H groups in total. The Morgan fingerprint density at radius 1 is 1.23 bits per heavy atom. The molecule has 2 nitrogen and oxygen atoms in total. The van der Waals surface area contributed by atoms with Crippen molar-refractivity contribution < 1.29 is 9.22 Å².